The summed E-state index contributed by atoms with van der Waals surface area (Å²) in [7, 11) is 1.60. The summed E-state index contributed by atoms with van der Waals surface area (Å²) in [6.07, 6.45) is 4.62. The predicted molar refractivity (Wildman–Crippen MR) is 94.2 cm³/mol. The molecular weight excluding hydrogens is 306 g/mol. The number of benzene rings is 1. The van der Waals surface area contributed by atoms with Gasteiger partial charge in [0.25, 0.3) is 5.91 Å². The van der Waals surface area contributed by atoms with Gasteiger partial charge in [0.05, 0.1) is 13.2 Å². The van der Waals surface area contributed by atoms with Crippen molar-refractivity contribution in [1.29, 1.82) is 0 Å². The zero-order chi connectivity index (χ0) is 17.2. The van der Waals surface area contributed by atoms with Gasteiger partial charge in [0.2, 0.25) is 5.91 Å². The Morgan fingerprint density at radius 1 is 1.08 bits per heavy atom. The van der Waals surface area contributed by atoms with Gasteiger partial charge in [-0.25, -0.2) is 0 Å². The summed E-state index contributed by atoms with van der Waals surface area (Å²) in [5, 5.41) is 5.91. The standard InChI is InChI=1S/C18H27N3O3/c1-24-13-10-19-18(23)15-6-8-16(9-7-15)20-14-17(22)21-11-4-2-3-5-12-21/h6-9,20H,2-5,10-14H2,1H3,(H,19,23). The molecule has 0 atom stereocenters. The lowest BCUT2D eigenvalue weighted by Gasteiger charge is -2.20. The highest BCUT2D eigenvalue weighted by Crippen LogP contribution is 2.12. The molecule has 0 saturated carbocycles. The average molecular weight is 333 g/mol. The van der Waals surface area contributed by atoms with E-state index in [-0.39, 0.29) is 11.8 Å². The summed E-state index contributed by atoms with van der Waals surface area (Å²) in [4.78, 5) is 26.1. The molecule has 1 aromatic carbocycles. The van der Waals surface area contributed by atoms with Crippen molar-refractivity contribution >= 4 is 17.5 Å². The fourth-order valence-corrected chi connectivity index (χ4v) is 2.72. The van der Waals surface area contributed by atoms with Crippen LogP contribution in [0.4, 0.5) is 5.69 Å². The Kier molecular flexibility index (Phi) is 7.55. The van der Waals surface area contributed by atoms with Crippen LogP contribution in [-0.4, -0.2) is 56.6 Å². The van der Waals surface area contributed by atoms with E-state index in [2.05, 4.69) is 10.6 Å². The summed E-state index contributed by atoms with van der Waals surface area (Å²) < 4.78 is 4.90. The second kappa shape index (κ2) is 9.93. The van der Waals surface area contributed by atoms with Gasteiger partial charge in [-0.3, -0.25) is 9.59 Å². The van der Waals surface area contributed by atoms with E-state index in [1.54, 1.807) is 19.2 Å². The number of nitrogens with one attached hydrogen (secondary N) is 2. The van der Waals surface area contributed by atoms with Crippen molar-refractivity contribution in [3.05, 3.63) is 29.8 Å². The van der Waals surface area contributed by atoms with E-state index in [0.29, 0.717) is 25.3 Å². The van der Waals surface area contributed by atoms with Crippen molar-refractivity contribution in [3.8, 4) is 0 Å². The van der Waals surface area contributed by atoms with Crippen molar-refractivity contribution in [2.75, 3.05) is 45.2 Å². The summed E-state index contributed by atoms with van der Waals surface area (Å²) in [6, 6.07) is 7.14. The number of carbonyl (C=O) groups excluding carboxylic acids is 2. The maximum atomic E-state index is 12.2. The summed E-state index contributed by atoms with van der Waals surface area (Å²) in [6.45, 7) is 2.99. The molecule has 0 bridgehead atoms. The molecule has 1 aliphatic rings. The maximum Gasteiger partial charge on any atom is 0.251 e. The van der Waals surface area contributed by atoms with Crippen LogP contribution in [0.25, 0.3) is 0 Å². The SMILES string of the molecule is COCCNC(=O)c1ccc(NCC(=O)N2CCCCCC2)cc1. The summed E-state index contributed by atoms with van der Waals surface area (Å²) in [5.41, 5.74) is 1.43. The van der Waals surface area contributed by atoms with Gasteiger partial charge in [0.1, 0.15) is 0 Å². The first-order chi connectivity index (χ1) is 11.7. The van der Waals surface area contributed by atoms with Crippen molar-refractivity contribution in [1.82, 2.24) is 10.2 Å². The first-order valence-corrected chi connectivity index (χ1v) is 8.59. The highest BCUT2D eigenvalue weighted by Gasteiger charge is 2.15. The minimum absolute atomic E-state index is 0.126. The third-order valence-corrected chi connectivity index (χ3v) is 4.14. The smallest absolute Gasteiger partial charge is 0.251 e. The van der Waals surface area contributed by atoms with Crippen molar-refractivity contribution in [3.63, 3.8) is 0 Å². The molecule has 0 unspecified atom stereocenters. The van der Waals surface area contributed by atoms with E-state index < -0.39 is 0 Å². The molecule has 1 aromatic rings. The molecule has 1 heterocycles. The molecular formula is C18H27N3O3. The molecule has 0 radical (unpaired) electrons. The number of nitrogens with zero attached hydrogens (tertiary/aromatic N) is 1. The molecule has 0 aliphatic carbocycles. The molecule has 0 aromatic heterocycles. The maximum absolute atomic E-state index is 12.2. The van der Waals surface area contributed by atoms with Crippen LogP contribution in [0.1, 0.15) is 36.0 Å². The van der Waals surface area contributed by atoms with Crippen molar-refractivity contribution in [2.24, 2.45) is 0 Å². The van der Waals surface area contributed by atoms with Crippen LogP contribution in [0.3, 0.4) is 0 Å². The Morgan fingerprint density at radius 3 is 2.38 bits per heavy atom. The van der Waals surface area contributed by atoms with Crippen LogP contribution >= 0.6 is 0 Å². The predicted octanol–water partition coefficient (Wildman–Crippen LogP) is 1.88. The Balaban J connectivity index is 1.78. The van der Waals surface area contributed by atoms with Crippen LogP contribution in [0.2, 0.25) is 0 Å². The van der Waals surface area contributed by atoms with Crippen molar-refractivity contribution < 1.29 is 14.3 Å². The average Bonchev–Trinajstić information content (AvgIpc) is 2.89. The number of hydrogen-bond donors (Lipinski definition) is 2. The van der Waals surface area contributed by atoms with Gasteiger partial charge in [-0.2, -0.15) is 0 Å². The first-order valence-electron chi connectivity index (χ1n) is 8.59. The summed E-state index contributed by atoms with van der Waals surface area (Å²) in [5.74, 6) is 0.0116. The molecule has 2 amide bonds. The van der Waals surface area contributed by atoms with E-state index in [1.807, 2.05) is 17.0 Å². The second-order valence-corrected chi connectivity index (χ2v) is 5.97. The monoisotopic (exact) mass is 333 g/mol. The quantitative estimate of drug-likeness (QED) is 0.748. The lowest BCUT2D eigenvalue weighted by molar-refractivity contribution is -0.129. The van der Waals surface area contributed by atoms with E-state index in [4.69, 9.17) is 4.74 Å². The number of ether oxygens (including phenoxy) is 1. The fourth-order valence-electron chi connectivity index (χ4n) is 2.72. The van der Waals surface area contributed by atoms with E-state index in [0.717, 1.165) is 31.6 Å². The lowest BCUT2D eigenvalue weighted by Crippen LogP contribution is -2.36. The van der Waals surface area contributed by atoms with Crippen LogP contribution < -0.4 is 10.6 Å². The van der Waals surface area contributed by atoms with Gasteiger partial charge in [-0.05, 0) is 37.1 Å². The van der Waals surface area contributed by atoms with E-state index >= 15 is 0 Å². The number of methoxy groups -OCH3 is 1. The molecule has 132 valence electrons. The largest absolute Gasteiger partial charge is 0.383 e. The topological polar surface area (TPSA) is 70.7 Å². The molecule has 1 saturated heterocycles. The number of hydrogen-bond acceptors (Lipinski definition) is 4. The van der Waals surface area contributed by atoms with Gasteiger partial charge in [-0.15, -0.1) is 0 Å². The Labute approximate surface area is 143 Å². The number of carbonyl (C=O) groups is 2. The molecule has 1 aliphatic heterocycles. The van der Waals surface area contributed by atoms with Gasteiger partial charge in [0, 0.05) is 38.0 Å². The van der Waals surface area contributed by atoms with Crippen LogP contribution in [-0.2, 0) is 9.53 Å². The normalized spacial score (nSPS) is 14.8. The molecule has 0 spiro atoms. The molecule has 6 heteroatoms. The van der Waals surface area contributed by atoms with Gasteiger partial charge in [-0.1, -0.05) is 12.8 Å². The molecule has 1 fully saturated rings. The van der Waals surface area contributed by atoms with Gasteiger partial charge >= 0.3 is 0 Å². The Hall–Kier alpha value is -2.08. The number of amides is 2. The number of rotatable bonds is 7. The van der Waals surface area contributed by atoms with E-state index in [9.17, 15) is 9.59 Å². The van der Waals surface area contributed by atoms with Crippen LogP contribution in [0.15, 0.2) is 24.3 Å². The Morgan fingerprint density at radius 2 is 1.75 bits per heavy atom. The fraction of sp³-hybridized carbons (Fsp3) is 0.556. The molecule has 6 nitrogen and oxygen atoms in total. The minimum Gasteiger partial charge on any atom is -0.383 e. The molecule has 2 N–H and O–H groups in total. The molecule has 2 rings (SSSR count). The van der Waals surface area contributed by atoms with E-state index in [1.165, 1.54) is 12.8 Å². The van der Waals surface area contributed by atoms with Crippen LogP contribution in [0, 0.1) is 0 Å². The van der Waals surface area contributed by atoms with Gasteiger partial charge in [0.15, 0.2) is 0 Å². The molecule has 24 heavy (non-hydrogen) atoms. The minimum atomic E-state index is -0.126. The third-order valence-electron chi connectivity index (χ3n) is 4.14. The second-order valence-electron chi connectivity index (χ2n) is 5.97. The summed E-state index contributed by atoms with van der Waals surface area (Å²) >= 11 is 0. The Bertz CT molecular complexity index is 523. The highest BCUT2D eigenvalue weighted by molar-refractivity contribution is 5.94. The number of likely N-dealkylation sites (tertiary alicyclic amines) is 1. The lowest BCUT2D eigenvalue weighted by atomic mass is 10.2. The van der Waals surface area contributed by atoms with Crippen LogP contribution in [0.5, 0.6) is 0 Å². The third kappa shape index (κ3) is 5.85. The first kappa shape index (κ1) is 18.3. The highest BCUT2D eigenvalue weighted by atomic mass is 16.5. The number of anilines is 1. The zero-order valence-electron chi connectivity index (χ0n) is 14.3. The zero-order valence-corrected chi connectivity index (χ0v) is 14.3. The van der Waals surface area contributed by atoms with Crippen molar-refractivity contribution in [2.45, 2.75) is 25.7 Å². The van der Waals surface area contributed by atoms with Gasteiger partial charge < -0.3 is 20.3 Å².